The summed E-state index contributed by atoms with van der Waals surface area (Å²) in [5.41, 5.74) is 1.26. The van der Waals surface area contributed by atoms with E-state index in [4.69, 9.17) is 4.42 Å². The fourth-order valence-corrected chi connectivity index (χ4v) is 2.81. The molecule has 0 aliphatic heterocycles. The molecule has 0 saturated heterocycles. The molecule has 0 spiro atoms. The quantitative estimate of drug-likeness (QED) is 0.611. The molecule has 3 N–H and O–H groups in total. The summed E-state index contributed by atoms with van der Waals surface area (Å²) < 4.78 is 5.21. The lowest BCUT2D eigenvalue weighted by molar-refractivity contribution is -0.120. The lowest BCUT2D eigenvalue weighted by Crippen LogP contribution is -2.31. The molecule has 6 heteroatoms. The number of fused-ring (bicyclic) bond motifs is 1. The lowest BCUT2D eigenvalue weighted by Gasteiger charge is -2.13. The van der Waals surface area contributed by atoms with E-state index in [1.807, 2.05) is 18.2 Å². The van der Waals surface area contributed by atoms with E-state index in [0.717, 1.165) is 0 Å². The SMILES string of the molecule is Cc1c(CC(=O)NCC(O)c2ccccc2)c(=O)oc2cc(O)ccc12. The highest BCUT2D eigenvalue weighted by atomic mass is 16.4. The Balaban J connectivity index is 1.73. The van der Waals surface area contributed by atoms with Crippen molar-refractivity contribution in [3.8, 4) is 5.75 Å². The Labute approximate surface area is 149 Å². The van der Waals surface area contributed by atoms with Gasteiger partial charge in [0.05, 0.1) is 18.1 Å². The number of carbonyl (C=O) groups is 1. The van der Waals surface area contributed by atoms with Crippen LogP contribution in [-0.4, -0.2) is 22.7 Å². The molecule has 0 fully saturated rings. The Kier molecular flexibility index (Phi) is 5.04. The Morgan fingerprint density at radius 2 is 1.92 bits per heavy atom. The van der Waals surface area contributed by atoms with Gasteiger partial charge < -0.3 is 19.9 Å². The summed E-state index contributed by atoms with van der Waals surface area (Å²) >= 11 is 0. The first-order valence-corrected chi connectivity index (χ1v) is 8.20. The summed E-state index contributed by atoms with van der Waals surface area (Å²) in [5, 5.41) is 22.9. The molecule has 3 rings (SSSR count). The summed E-state index contributed by atoms with van der Waals surface area (Å²) in [4.78, 5) is 24.4. The van der Waals surface area contributed by atoms with E-state index in [1.54, 1.807) is 25.1 Å². The van der Waals surface area contributed by atoms with Crippen LogP contribution in [0.2, 0.25) is 0 Å². The van der Waals surface area contributed by atoms with Crippen LogP contribution in [0.15, 0.2) is 57.7 Å². The number of aromatic hydroxyl groups is 1. The van der Waals surface area contributed by atoms with Gasteiger partial charge in [0.15, 0.2) is 0 Å². The number of amides is 1. The van der Waals surface area contributed by atoms with Gasteiger partial charge in [-0.25, -0.2) is 4.79 Å². The minimum Gasteiger partial charge on any atom is -0.508 e. The van der Waals surface area contributed by atoms with Gasteiger partial charge in [-0.15, -0.1) is 0 Å². The summed E-state index contributed by atoms with van der Waals surface area (Å²) in [6.45, 7) is 1.78. The van der Waals surface area contributed by atoms with Crippen molar-refractivity contribution in [2.24, 2.45) is 0 Å². The molecule has 0 bridgehead atoms. The fraction of sp³-hybridized carbons (Fsp3) is 0.200. The van der Waals surface area contributed by atoms with E-state index in [1.165, 1.54) is 12.1 Å². The number of aliphatic hydroxyl groups excluding tert-OH is 1. The number of phenolic OH excluding ortho intramolecular Hbond substituents is 1. The van der Waals surface area contributed by atoms with Crippen molar-refractivity contribution in [1.82, 2.24) is 5.32 Å². The van der Waals surface area contributed by atoms with Crippen LogP contribution < -0.4 is 10.9 Å². The number of nitrogens with one attached hydrogen (secondary N) is 1. The average molecular weight is 353 g/mol. The minimum atomic E-state index is -0.822. The molecule has 26 heavy (non-hydrogen) atoms. The van der Waals surface area contributed by atoms with Crippen LogP contribution in [0.3, 0.4) is 0 Å². The number of hydrogen-bond donors (Lipinski definition) is 3. The van der Waals surface area contributed by atoms with Gasteiger partial charge in [0.1, 0.15) is 11.3 Å². The Bertz CT molecular complexity index is 994. The zero-order valence-electron chi connectivity index (χ0n) is 14.2. The van der Waals surface area contributed by atoms with Crippen LogP contribution in [0, 0.1) is 6.92 Å². The topological polar surface area (TPSA) is 99.8 Å². The van der Waals surface area contributed by atoms with Crippen LogP contribution in [0.4, 0.5) is 0 Å². The molecule has 1 atom stereocenters. The molecule has 0 saturated carbocycles. The van der Waals surface area contributed by atoms with E-state index >= 15 is 0 Å². The van der Waals surface area contributed by atoms with Gasteiger partial charge in [-0.1, -0.05) is 30.3 Å². The van der Waals surface area contributed by atoms with Crippen LogP contribution in [-0.2, 0) is 11.2 Å². The predicted molar refractivity (Wildman–Crippen MR) is 97.0 cm³/mol. The largest absolute Gasteiger partial charge is 0.508 e. The molecule has 3 aromatic rings. The third kappa shape index (κ3) is 3.75. The second-order valence-corrected chi connectivity index (χ2v) is 6.08. The van der Waals surface area contributed by atoms with Gasteiger partial charge in [-0.3, -0.25) is 4.79 Å². The number of rotatable bonds is 5. The van der Waals surface area contributed by atoms with Crippen LogP contribution in [0.5, 0.6) is 5.75 Å². The highest BCUT2D eigenvalue weighted by molar-refractivity contribution is 5.85. The molecule has 1 heterocycles. The van der Waals surface area contributed by atoms with Crippen molar-refractivity contribution in [3.05, 3.63) is 75.6 Å². The molecule has 1 amide bonds. The molecular formula is C20H19NO5. The first kappa shape index (κ1) is 17.7. The zero-order valence-corrected chi connectivity index (χ0v) is 14.2. The van der Waals surface area contributed by atoms with E-state index in [2.05, 4.69) is 5.32 Å². The molecule has 1 unspecified atom stereocenters. The van der Waals surface area contributed by atoms with Crippen molar-refractivity contribution in [1.29, 1.82) is 0 Å². The van der Waals surface area contributed by atoms with Crippen LogP contribution in [0.1, 0.15) is 22.8 Å². The fourth-order valence-electron chi connectivity index (χ4n) is 2.81. The predicted octanol–water partition coefficient (Wildman–Crippen LogP) is 2.20. The molecule has 6 nitrogen and oxygen atoms in total. The summed E-state index contributed by atoms with van der Waals surface area (Å²) in [6.07, 6.45) is -0.968. The van der Waals surface area contributed by atoms with Crippen molar-refractivity contribution in [2.75, 3.05) is 6.54 Å². The maximum absolute atomic E-state index is 12.2. The van der Waals surface area contributed by atoms with E-state index in [-0.39, 0.29) is 35.8 Å². The maximum Gasteiger partial charge on any atom is 0.340 e. The van der Waals surface area contributed by atoms with Gasteiger partial charge in [0, 0.05) is 18.0 Å². The molecular weight excluding hydrogens is 334 g/mol. The monoisotopic (exact) mass is 353 g/mol. The number of hydrogen-bond acceptors (Lipinski definition) is 5. The third-order valence-corrected chi connectivity index (χ3v) is 4.29. The normalized spacial score (nSPS) is 12.1. The van der Waals surface area contributed by atoms with E-state index in [9.17, 15) is 19.8 Å². The Morgan fingerprint density at radius 3 is 2.65 bits per heavy atom. The summed E-state index contributed by atoms with van der Waals surface area (Å²) in [5.74, 6) is -0.381. The maximum atomic E-state index is 12.2. The minimum absolute atomic E-state index is 0.000410. The first-order chi connectivity index (χ1) is 12.5. The smallest absolute Gasteiger partial charge is 0.340 e. The molecule has 2 aromatic carbocycles. The number of phenols is 1. The van der Waals surface area contributed by atoms with Crippen LogP contribution >= 0.6 is 0 Å². The van der Waals surface area contributed by atoms with Gasteiger partial charge in [-0.2, -0.15) is 0 Å². The van der Waals surface area contributed by atoms with Crippen LogP contribution in [0.25, 0.3) is 11.0 Å². The average Bonchev–Trinajstić information content (AvgIpc) is 2.63. The van der Waals surface area contributed by atoms with Gasteiger partial charge in [0.2, 0.25) is 5.91 Å². The molecule has 1 aromatic heterocycles. The number of benzene rings is 2. The van der Waals surface area contributed by atoms with Crippen molar-refractivity contribution >= 4 is 16.9 Å². The summed E-state index contributed by atoms with van der Waals surface area (Å²) in [6, 6.07) is 13.5. The number of carbonyl (C=O) groups excluding carboxylic acids is 1. The molecule has 0 aliphatic carbocycles. The van der Waals surface area contributed by atoms with Crippen molar-refractivity contribution in [3.63, 3.8) is 0 Å². The number of aliphatic hydroxyl groups is 1. The lowest BCUT2D eigenvalue weighted by atomic mass is 10.0. The van der Waals surface area contributed by atoms with Gasteiger partial charge in [-0.05, 0) is 30.2 Å². The summed E-state index contributed by atoms with van der Waals surface area (Å²) in [7, 11) is 0. The van der Waals surface area contributed by atoms with Crippen molar-refractivity contribution in [2.45, 2.75) is 19.4 Å². The molecule has 134 valence electrons. The standard InChI is InChI=1S/C20H19NO5/c1-12-15-8-7-14(22)9-18(15)26-20(25)16(12)10-19(24)21-11-17(23)13-5-3-2-4-6-13/h2-9,17,22-23H,10-11H2,1H3,(H,21,24). The highest BCUT2D eigenvalue weighted by Crippen LogP contribution is 2.23. The van der Waals surface area contributed by atoms with Crippen molar-refractivity contribution < 1.29 is 19.4 Å². The Hall–Kier alpha value is -3.12. The van der Waals surface area contributed by atoms with E-state index in [0.29, 0.717) is 16.5 Å². The molecule has 0 radical (unpaired) electrons. The number of aryl methyl sites for hydroxylation is 1. The Morgan fingerprint density at radius 1 is 1.19 bits per heavy atom. The van der Waals surface area contributed by atoms with Gasteiger partial charge >= 0.3 is 5.63 Å². The van der Waals surface area contributed by atoms with E-state index < -0.39 is 11.7 Å². The second-order valence-electron chi connectivity index (χ2n) is 6.08. The second kappa shape index (κ2) is 7.41. The highest BCUT2D eigenvalue weighted by Gasteiger charge is 2.16. The first-order valence-electron chi connectivity index (χ1n) is 8.20. The molecule has 0 aliphatic rings. The third-order valence-electron chi connectivity index (χ3n) is 4.29. The zero-order chi connectivity index (χ0) is 18.7. The van der Waals surface area contributed by atoms with Gasteiger partial charge in [0.25, 0.3) is 0 Å².